The van der Waals surface area contributed by atoms with E-state index in [1.54, 1.807) is 6.92 Å². The van der Waals surface area contributed by atoms with Crippen molar-refractivity contribution in [3.05, 3.63) is 0 Å². The second-order valence-corrected chi connectivity index (χ2v) is 2.00. The Morgan fingerprint density at radius 2 is 1.71 bits per heavy atom. The zero-order valence-electron chi connectivity index (χ0n) is 5.15. The summed E-state index contributed by atoms with van der Waals surface area (Å²) in [5.41, 5.74) is 0. The molecule has 0 spiro atoms. The van der Waals surface area contributed by atoms with Crippen molar-refractivity contribution < 1.29 is 5.11 Å². The van der Waals surface area contributed by atoms with E-state index in [-0.39, 0.29) is 6.61 Å². The maximum Gasteiger partial charge on any atom is 0.0402 e. The van der Waals surface area contributed by atoms with Crippen LogP contribution in [0.3, 0.4) is 0 Å². The monoisotopic (exact) mass is 102 g/mol. The second kappa shape index (κ2) is 4.13. The Hall–Kier alpha value is -0.0400. The molecule has 1 saturated carbocycles. The van der Waals surface area contributed by atoms with Gasteiger partial charge in [-0.1, -0.05) is 19.8 Å². The molecule has 1 heteroatoms. The molecule has 1 aliphatic carbocycles. The van der Waals surface area contributed by atoms with Gasteiger partial charge in [-0.3, -0.25) is 0 Å². The van der Waals surface area contributed by atoms with Crippen LogP contribution in [0.25, 0.3) is 0 Å². The van der Waals surface area contributed by atoms with E-state index in [0.29, 0.717) is 0 Å². The van der Waals surface area contributed by atoms with E-state index in [0.717, 1.165) is 5.92 Å². The van der Waals surface area contributed by atoms with Gasteiger partial charge in [0.1, 0.15) is 0 Å². The van der Waals surface area contributed by atoms with Crippen LogP contribution in [0.1, 0.15) is 26.7 Å². The average Bonchev–Trinajstić information content (AvgIpc) is 2.25. The van der Waals surface area contributed by atoms with Gasteiger partial charge in [0.15, 0.2) is 0 Å². The van der Waals surface area contributed by atoms with E-state index in [1.165, 1.54) is 12.8 Å². The van der Waals surface area contributed by atoms with Gasteiger partial charge in [0.25, 0.3) is 0 Å². The van der Waals surface area contributed by atoms with Crippen LogP contribution in [0.5, 0.6) is 0 Å². The van der Waals surface area contributed by atoms with Crippen LogP contribution in [-0.2, 0) is 0 Å². The lowest BCUT2D eigenvalue weighted by atomic mass is 10.5. The molecule has 0 bridgehead atoms. The molecule has 0 unspecified atom stereocenters. The van der Waals surface area contributed by atoms with Gasteiger partial charge in [-0.2, -0.15) is 0 Å². The third kappa shape index (κ3) is 10.7. The summed E-state index contributed by atoms with van der Waals surface area (Å²) >= 11 is 0. The van der Waals surface area contributed by atoms with Crippen molar-refractivity contribution in [2.24, 2.45) is 5.92 Å². The quantitative estimate of drug-likeness (QED) is 0.490. The van der Waals surface area contributed by atoms with Gasteiger partial charge in [0.2, 0.25) is 0 Å². The SMILES string of the molecule is CC1CC1.CCO. The lowest BCUT2D eigenvalue weighted by molar-refractivity contribution is 0.318. The smallest absolute Gasteiger partial charge is 0.0402 e. The van der Waals surface area contributed by atoms with E-state index < -0.39 is 0 Å². The van der Waals surface area contributed by atoms with Crippen molar-refractivity contribution in [1.82, 2.24) is 0 Å². The zero-order valence-corrected chi connectivity index (χ0v) is 5.15. The standard InChI is InChI=1S/C4H8.C2H6O/c1-4-2-3-4;1-2-3/h4H,2-3H2,1H3;3H,2H2,1H3. The third-order valence-corrected chi connectivity index (χ3v) is 0.866. The molecule has 0 heterocycles. The fourth-order valence-corrected chi connectivity index (χ4v) is 0.167. The molecule has 1 aliphatic rings. The van der Waals surface area contributed by atoms with Crippen LogP contribution in [0.4, 0.5) is 0 Å². The summed E-state index contributed by atoms with van der Waals surface area (Å²) in [6.45, 7) is 4.21. The molecule has 7 heavy (non-hydrogen) atoms. The first-order valence-electron chi connectivity index (χ1n) is 2.92. The lowest BCUT2D eigenvalue weighted by Gasteiger charge is -1.53. The molecule has 0 aromatic heterocycles. The fraction of sp³-hybridized carbons (Fsp3) is 1.00. The normalized spacial score (nSPS) is 17.6. The number of hydrogen-bond acceptors (Lipinski definition) is 1. The van der Waals surface area contributed by atoms with E-state index in [4.69, 9.17) is 5.11 Å². The molecule has 0 aliphatic heterocycles. The molecule has 0 radical (unpaired) electrons. The first-order chi connectivity index (χ1) is 3.31. The largest absolute Gasteiger partial charge is 0.397 e. The van der Waals surface area contributed by atoms with Crippen molar-refractivity contribution >= 4 is 0 Å². The van der Waals surface area contributed by atoms with Crippen LogP contribution in [0.15, 0.2) is 0 Å². The molecule has 0 aromatic rings. The predicted octanol–water partition coefficient (Wildman–Crippen LogP) is 1.41. The highest BCUT2D eigenvalue weighted by Crippen LogP contribution is 2.26. The molecule has 1 fully saturated rings. The number of aliphatic hydroxyl groups excluding tert-OH is 1. The van der Waals surface area contributed by atoms with Gasteiger partial charge in [-0.05, 0) is 12.8 Å². The first-order valence-corrected chi connectivity index (χ1v) is 2.92. The van der Waals surface area contributed by atoms with Crippen molar-refractivity contribution in [2.75, 3.05) is 6.61 Å². The molecular weight excluding hydrogens is 88.1 g/mol. The molecule has 0 amide bonds. The van der Waals surface area contributed by atoms with Gasteiger partial charge >= 0.3 is 0 Å². The predicted molar refractivity (Wildman–Crippen MR) is 31.2 cm³/mol. The summed E-state index contributed by atoms with van der Waals surface area (Å²) in [5, 5.41) is 7.57. The summed E-state index contributed by atoms with van der Waals surface area (Å²) < 4.78 is 0. The highest BCUT2D eigenvalue weighted by atomic mass is 16.2. The maximum absolute atomic E-state index is 7.57. The minimum Gasteiger partial charge on any atom is -0.397 e. The molecule has 1 nitrogen and oxygen atoms in total. The Kier molecular flexibility index (Phi) is 4.10. The van der Waals surface area contributed by atoms with Crippen LogP contribution in [-0.4, -0.2) is 11.7 Å². The number of hydrogen-bond donors (Lipinski definition) is 1. The molecule has 1 N–H and O–H groups in total. The fourth-order valence-electron chi connectivity index (χ4n) is 0.167. The Labute approximate surface area is 45.4 Å². The molecule has 0 aromatic carbocycles. The highest BCUT2D eigenvalue weighted by molar-refractivity contribution is 4.65. The summed E-state index contributed by atoms with van der Waals surface area (Å²) in [6, 6.07) is 0. The summed E-state index contributed by atoms with van der Waals surface area (Å²) in [6.07, 6.45) is 2.97. The molecule has 1 rings (SSSR count). The van der Waals surface area contributed by atoms with Crippen molar-refractivity contribution in [2.45, 2.75) is 26.7 Å². The number of rotatable bonds is 0. The Morgan fingerprint density at radius 1 is 1.57 bits per heavy atom. The van der Waals surface area contributed by atoms with E-state index in [9.17, 15) is 0 Å². The Balaban J connectivity index is 0.000000110. The van der Waals surface area contributed by atoms with Crippen LogP contribution in [0, 0.1) is 5.92 Å². The third-order valence-electron chi connectivity index (χ3n) is 0.866. The minimum atomic E-state index is 0.250. The van der Waals surface area contributed by atoms with Gasteiger partial charge in [-0.15, -0.1) is 0 Å². The zero-order chi connectivity index (χ0) is 5.70. The topological polar surface area (TPSA) is 20.2 Å². The van der Waals surface area contributed by atoms with E-state index in [1.807, 2.05) is 0 Å². The van der Waals surface area contributed by atoms with E-state index in [2.05, 4.69) is 6.92 Å². The van der Waals surface area contributed by atoms with Gasteiger partial charge in [-0.25, -0.2) is 0 Å². The summed E-state index contributed by atoms with van der Waals surface area (Å²) in [4.78, 5) is 0. The van der Waals surface area contributed by atoms with Crippen LogP contribution in [0.2, 0.25) is 0 Å². The maximum atomic E-state index is 7.57. The lowest BCUT2D eigenvalue weighted by Crippen LogP contribution is -1.57. The molecule has 44 valence electrons. The van der Waals surface area contributed by atoms with Crippen LogP contribution >= 0.6 is 0 Å². The number of aliphatic hydroxyl groups is 1. The second-order valence-electron chi connectivity index (χ2n) is 2.00. The van der Waals surface area contributed by atoms with Gasteiger partial charge in [0.05, 0.1) is 0 Å². The molecule has 0 saturated heterocycles. The summed E-state index contributed by atoms with van der Waals surface area (Å²) in [7, 11) is 0. The van der Waals surface area contributed by atoms with E-state index >= 15 is 0 Å². The van der Waals surface area contributed by atoms with Gasteiger partial charge < -0.3 is 5.11 Å². The molecule has 0 atom stereocenters. The van der Waals surface area contributed by atoms with Crippen molar-refractivity contribution in [1.29, 1.82) is 0 Å². The van der Waals surface area contributed by atoms with Crippen LogP contribution < -0.4 is 0 Å². The van der Waals surface area contributed by atoms with Gasteiger partial charge in [0, 0.05) is 6.61 Å². The first kappa shape index (κ1) is 6.96. The summed E-state index contributed by atoms with van der Waals surface area (Å²) in [5.74, 6) is 1.08. The Morgan fingerprint density at radius 3 is 1.71 bits per heavy atom. The highest BCUT2D eigenvalue weighted by Gasteiger charge is 2.12. The van der Waals surface area contributed by atoms with Crippen molar-refractivity contribution in [3.63, 3.8) is 0 Å². The van der Waals surface area contributed by atoms with Crippen molar-refractivity contribution in [3.8, 4) is 0 Å². The minimum absolute atomic E-state index is 0.250. The Bertz CT molecular complexity index is 31.2. The average molecular weight is 102 g/mol. The molecular formula is C6H14O.